The molecule has 168 valence electrons. The van der Waals surface area contributed by atoms with E-state index in [0.717, 1.165) is 4.68 Å². The van der Waals surface area contributed by atoms with E-state index in [-0.39, 0.29) is 35.4 Å². The standard InChI is InChI=1S/C21H26F3N5O2/c1-12(2)14-10-17(21(22,23)24)29-18(25-14)11-15(26-29)16-5-4-7-28(16)20(31)13-6-8-27(3)19(30)9-13/h6,8-9,11-12,14,16-17,25H,4-5,7,10H2,1-3H3/t14-,16?,17+/m0/s1. The lowest BCUT2D eigenvalue weighted by Crippen LogP contribution is -2.41. The number of nitrogens with zero attached hydrogens (tertiary/aromatic N) is 4. The number of carbonyl (C=O) groups excluding carboxylic acids is 1. The fraction of sp³-hybridized carbons (Fsp3) is 0.571. The molecule has 4 heterocycles. The second-order valence-corrected chi connectivity index (χ2v) is 8.71. The van der Waals surface area contributed by atoms with Crippen molar-refractivity contribution < 1.29 is 18.0 Å². The number of likely N-dealkylation sites (tertiary alicyclic amines) is 1. The predicted molar refractivity (Wildman–Crippen MR) is 109 cm³/mol. The van der Waals surface area contributed by atoms with E-state index in [0.29, 0.717) is 30.9 Å². The van der Waals surface area contributed by atoms with Crippen LogP contribution in [0.5, 0.6) is 0 Å². The molecule has 2 aliphatic heterocycles. The van der Waals surface area contributed by atoms with Gasteiger partial charge in [0, 0.05) is 43.5 Å². The van der Waals surface area contributed by atoms with Crippen molar-refractivity contribution in [2.24, 2.45) is 13.0 Å². The molecule has 10 heteroatoms. The van der Waals surface area contributed by atoms with Gasteiger partial charge in [-0.15, -0.1) is 0 Å². The van der Waals surface area contributed by atoms with Crippen LogP contribution < -0.4 is 10.9 Å². The number of pyridine rings is 1. The zero-order valence-electron chi connectivity index (χ0n) is 17.7. The molecule has 0 aromatic carbocycles. The van der Waals surface area contributed by atoms with Crippen LogP contribution in [0.25, 0.3) is 0 Å². The molecule has 0 saturated carbocycles. The molecule has 0 aliphatic carbocycles. The third-order valence-electron chi connectivity index (χ3n) is 6.25. The van der Waals surface area contributed by atoms with Gasteiger partial charge in [0.1, 0.15) is 5.82 Å². The maximum absolute atomic E-state index is 13.8. The minimum absolute atomic E-state index is 0.0298. The van der Waals surface area contributed by atoms with E-state index in [1.165, 1.54) is 16.8 Å². The highest BCUT2D eigenvalue weighted by Gasteiger charge is 2.47. The third-order valence-corrected chi connectivity index (χ3v) is 6.25. The molecule has 1 amide bonds. The molecular formula is C21H26F3N5O2. The summed E-state index contributed by atoms with van der Waals surface area (Å²) in [6.07, 6.45) is -1.65. The van der Waals surface area contributed by atoms with Crippen molar-refractivity contribution >= 4 is 11.7 Å². The Morgan fingerprint density at radius 1 is 1.29 bits per heavy atom. The number of hydrogen-bond acceptors (Lipinski definition) is 4. The molecule has 4 rings (SSSR count). The molecule has 3 atom stereocenters. The molecule has 7 nitrogen and oxygen atoms in total. The summed E-state index contributed by atoms with van der Waals surface area (Å²) < 4.78 is 43.7. The summed E-state index contributed by atoms with van der Waals surface area (Å²) >= 11 is 0. The molecule has 2 aromatic heterocycles. The Labute approximate surface area is 177 Å². The van der Waals surface area contributed by atoms with E-state index in [1.807, 2.05) is 13.8 Å². The van der Waals surface area contributed by atoms with Crippen LogP contribution in [0.2, 0.25) is 0 Å². The maximum atomic E-state index is 13.8. The average Bonchev–Trinajstić information content (AvgIpc) is 3.34. The number of alkyl halides is 3. The quantitative estimate of drug-likeness (QED) is 0.798. The van der Waals surface area contributed by atoms with Crippen LogP contribution in [-0.4, -0.2) is 43.9 Å². The molecule has 1 saturated heterocycles. The van der Waals surface area contributed by atoms with Crippen LogP contribution in [0.15, 0.2) is 29.2 Å². The van der Waals surface area contributed by atoms with Gasteiger partial charge < -0.3 is 14.8 Å². The Bertz CT molecular complexity index is 1040. The Morgan fingerprint density at radius 2 is 2.03 bits per heavy atom. The van der Waals surface area contributed by atoms with Crippen LogP contribution in [-0.2, 0) is 7.05 Å². The fourth-order valence-corrected chi connectivity index (χ4v) is 4.39. The van der Waals surface area contributed by atoms with E-state index in [2.05, 4.69) is 10.4 Å². The van der Waals surface area contributed by atoms with Gasteiger partial charge in [0.05, 0.1) is 11.7 Å². The van der Waals surface area contributed by atoms with Crippen LogP contribution >= 0.6 is 0 Å². The third kappa shape index (κ3) is 3.95. The lowest BCUT2D eigenvalue weighted by molar-refractivity contribution is -0.174. The van der Waals surface area contributed by atoms with Gasteiger partial charge in [-0.1, -0.05) is 13.8 Å². The van der Waals surface area contributed by atoms with Crippen LogP contribution in [0, 0.1) is 5.92 Å². The Morgan fingerprint density at radius 3 is 2.68 bits per heavy atom. The van der Waals surface area contributed by atoms with Crippen molar-refractivity contribution in [1.82, 2.24) is 19.2 Å². The molecule has 0 radical (unpaired) electrons. The number of rotatable bonds is 3. The van der Waals surface area contributed by atoms with E-state index < -0.39 is 18.3 Å². The number of carbonyl (C=O) groups is 1. The smallest absolute Gasteiger partial charge is 0.367 e. The number of nitrogens with one attached hydrogen (secondary N) is 1. The minimum Gasteiger partial charge on any atom is -0.367 e. The molecule has 1 N–H and O–H groups in total. The number of aromatic nitrogens is 3. The van der Waals surface area contributed by atoms with Crippen LogP contribution in [0.1, 0.15) is 61.2 Å². The molecule has 1 unspecified atom stereocenters. The minimum atomic E-state index is -4.41. The molecule has 0 spiro atoms. The lowest BCUT2D eigenvalue weighted by atomic mass is 9.94. The second kappa shape index (κ2) is 7.72. The first kappa shape index (κ1) is 21.5. The topological polar surface area (TPSA) is 72.2 Å². The van der Waals surface area contributed by atoms with E-state index in [1.54, 1.807) is 24.1 Å². The SMILES string of the molecule is CC(C)[C@@H]1C[C@H](C(F)(F)F)n2nc(C3CCCN3C(=O)c3ccn(C)c(=O)c3)cc2N1. The molecule has 2 aromatic rings. The molecular weight excluding hydrogens is 411 g/mol. The first-order valence-corrected chi connectivity index (χ1v) is 10.5. The first-order chi connectivity index (χ1) is 14.6. The summed E-state index contributed by atoms with van der Waals surface area (Å²) in [7, 11) is 1.60. The maximum Gasteiger partial charge on any atom is 0.410 e. The summed E-state index contributed by atoms with van der Waals surface area (Å²) in [6.45, 7) is 4.24. The number of fused-ring (bicyclic) bond motifs is 1. The van der Waals surface area contributed by atoms with Gasteiger partial charge in [-0.25, -0.2) is 4.68 Å². The van der Waals surface area contributed by atoms with Crippen molar-refractivity contribution in [3.05, 3.63) is 46.0 Å². The highest BCUT2D eigenvalue weighted by molar-refractivity contribution is 5.94. The largest absolute Gasteiger partial charge is 0.410 e. The average molecular weight is 437 g/mol. The van der Waals surface area contributed by atoms with Gasteiger partial charge in [0.15, 0.2) is 6.04 Å². The fourth-order valence-electron chi connectivity index (χ4n) is 4.39. The van der Waals surface area contributed by atoms with Gasteiger partial charge in [0.2, 0.25) is 0 Å². The number of anilines is 1. The van der Waals surface area contributed by atoms with Crippen molar-refractivity contribution in [3.8, 4) is 0 Å². The summed E-state index contributed by atoms with van der Waals surface area (Å²) in [6, 6.07) is 2.05. The van der Waals surface area contributed by atoms with Crippen LogP contribution in [0.3, 0.4) is 0 Å². The zero-order chi connectivity index (χ0) is 22.5. The summed E-state index contributed by atoms with van der Waals surface area (Å²) in [5.41, 5.74) is 0.414. The normalized spacial score (nSPS) is 23.7. The van der Waals surface area contributed by atoms with Crippen LogP contribution in [0.4, 0.5) is 19.0 Å². The summed E-state index contributed by atoms with van der Waals surface area (Å²) in [5.74, 6) is 0.0453. The first-order valence-electron chi connectivity index (χ1n) is 10.5. The summed E-state index contributed by atoms with van der Waals surface area (Å²) in [4.78, 5) is 26.6. The predicted octanol–water partition coefficient (Wildman–Crippen LogP) is 3.50. The Hall–Kier alpha value is -2.78. The molecule has 31 heavy (non-hydrogen) atoms. The highest BCUT2D eigenvalue weighted by atomic mass is 19.4. The van der Waals surface area contributed by atoms with Gasteiger partial charge >= 0.3 is 6.18 Å². The lowest BCUT2D eigenvalue weighted by Gasteiger charge is -2.35. The van der Waals surface area contributed by atoms with Gasteiger partial charge in [-0.05, 0) is 31.2 Å². The van der Waals surface area contributed by atoms with E-state index in [9.17, 15) is 22.8 Å². The molecule has 2 aliphatic rings. The molecule has 1 fully saturated rings. The summed E-state index contributed by atoms with van der Waals surface area (Å²) in [5, 5.41) is 7.49. The van der Waals surface area contributed by atoms with E-state index >= 15 is 0 Å². The molecule has 0 bridgehead atoms. The second-order valence-electron chi connectivity index (χ2n) is 8.71. The highest BCUT2D eigenvalue weighted by Crippen LogP contribution is 2.42. The zero-order valence-corrected chi connectivity index (χ0v) is 17.7. The number of halogens is 3. The van der Waals surface area contributed by atoms with Crippen molar-refractivity contribution in [2.75, 3.05) is 11.9 Å². The number of amides is 1. The monoisotopic (exact) mass is 437 g/mol. The van der Waals surface area contributed by atoms with Crippen molar-refractivity contribution in [3.63, 3.8) is 0 Å². The Balaban J connectivity index is 1.66. The van der Waals surface area contributed by atoms with E-state index in [4.69, 9.17) is 0 Å². The van der Waals surface area contributed by atoms with Gasteiger partial charge in [-0.3, -0.25) is 9.59 Å². The van der Waals surface area contributed by atoms with Crippen molar-refractivity contribution in [1.29, 1.82) is 0 Å². The van der Waals surface area contributed by atoms with Gasteiger partial charge in [-0.2, -0.15) is 18.3 Å². The van der Waals surface area contributed by atoms with Gasteiger partial charge in [0.25, 0.3) is 11.5 Å². The Kier molecular flexibility index (Phi) is 5.35. The number of hydrogen-bond donors (Lipinski definition) is 1. The van der Waals surface area contributed by atoms with Crippen molar-refractivity contribution in [2.45, 2.75) is 57.4 Å². The number of aryl methyl sites for hydroxylation is 1.